The van der Waals surface area contributed by atoms with Crippen LogP contribution in [0.15, 0.2) is 35.5 Å². The van der Waals surface area contributed by atoms with Gasteiger partial charge in [0, 0.05) is 16.6 Å². The zero-order chi connectivity index (χ0) is 9.31. The molecule has 0 aromatic carbocycles. The fourth-order valence-corrected chi connectivity index (χ4v) is 1.94. The van der Waals surface area contributed by atoms with E-state index >= 15 is 0 Å². The number of H-pyrrole nitrogens is 1. The van der Waals surface area contributed by atoms with Gasteiger partial charge in [0.1, 0.15) is 0 Å². The highest BCUT2D eigenvalue weighted by molar-refractivity contribution is 6.29. The summed E-state index contributed by atoms with van der Waals surface area (Å²) in [7, 11) is 0. The second-order valence-electron chi connectivity index (χ2n) is 3.53. The van der Waals surface area contributed by atoms with Gasteiger partial charge in [0.25, 0.3) is 0 Å². The molecular formula is C10H11ClN2. The van der Waals surface area contributed by atoms with E-state index in [2.05, 4.69) is 23.2 Å². The van der Waals surface area contributed by atoms with Crippen LogP contribution in [0.3, 0.4) is 0 Å². The van der Waals surface area contributed by atoms with Gasteiger partial charge in [0.05, 0.1) is 5.69 Å². The van der Waals surface area contributed by atoms with Gasteiger partial charge in [-0.15, -0.1) is 0 Å². The Morgan fingerprint density at radius 2 is 2.46 bits per heavy atom. The van der Waals surface area contributed by atoms with Gasteiger partial charge in [-0.1, -0.05) is 30.7 Å². The van der Waals surface area contributed by atoms with Gasteiger partial charge in [-0.05, 0) is 18.6 Å². The van der Waals surface area contributed by atoms with Gasteiger partial charge < -0.3 is 0 Å². The van der Waals surface area contributed by atoms with Crippen LogP contribution in [0.5, 0.6) is 0 Å². The maximum atomic E-state index is 5.99. The van der Waals surface area contributed by atoms with Gasteiger partial charge in [-0.3, -0.25) is 5.10 Å². The van der Waals surface area contributed by atoms with Crippen LogP contribution in [0.4, 0.5) is 0 Å². The summed E-state index contributed by atoms with van der Waals surface area (Å²) in [5.41, 5.74) is 0.987. The molecule has 3 heteroatoms. The number of aromatic amines is 1. The molecule has 1 aliphatic carbocycles. The first-order chi connectivity index (χ1) is 6.21. The minimum atomic E-state index is -0.0498. The summed E-state index contributed by atoms with van der Waals surface area (Å²) < 4.78 is 0. The van der Waals surface area contributed by atoms with Crippen LogP contribution in [0.2, 0.25) is 0 Å². The maximum absolute atomic E-state index is 5.99. The van der Waals surface area contributed by atoms with E-state index in [1.165, 1.54) is 0 Å². The van der Waals surface area contributed by atoms with Gasteiger partial charge in [-0.25, -0.2) is 0 Å². The molecule has 1 atom stereocenters. The number of nitrogens with one attached hydrogen (secondary N) is 1. The predicted octanol–water partition coefficient (Wildman–Crippen LogP) is 2.75. The first-order valence-corrected chi connectivity index (χ1v) is 4.63. The van der Waals surface area contributed by atoms with Crippen LogP contribution >= 0.6 is 11.6 Å². The van der Waals surface area contributed by atoms with E-state index in [-0.39, 0.29) is 5.41 Å². The molecule has 0 bridgehead atoms. The van der Waals surface area contributed by atoms with Gasteiger partial charge in [0.15, 0.2) is 0 Å². The molecular weight excluding hydrogens is 184 g/mol. The normalized spacial score (nSPS) is 27.4. The van der Waals surface area contributed by atoms with Crippen LogP contribution < -0.4 is 0 Å². The molecule has 0 spiro atoms. The Labute approximate surface area is 82.3 Å². The molecule has 1 N–H and O–H groups in total. The van der Waals surface area contributed by atoms with E-state index < -0.39 is 0 Å². The lowest BCUT2D eigenvalue weighted by molar-refractivity contribution is 0.571. The predicted molar refractivity (Wildman–Crippen MR) is 53.6 cm³/mol. The van der Waals surface area contributed by atoms with Crippen molar-refractivity contribution in [2.45, 2.75) is 18.8 Å². The molecule has 13 heavy (non-hydrogen) atoms. The molecule has 0 aliphatic heterocycles. The van der Waals surface area contributed by atoms with Crippen molar-refractivity contribution >= 4 is 11.6 Å². The third kappa shape index (κ3) is 1.54. The number of hydrogen-bond acceptors (Lipinski definition) is 1. The van der Waals surface area contributed by atoms with E-state index in [4.69, 9.17) is 11.6 Å². The lowest BCUT2D eigenvalue weighted by Crippen LogP contribution is -2.21. The van der Waals surface area contributed by atoms with E-state index in [1.807, 2.05) is 24.4 Å². The topological polar surface area (TPSA) is 28.7 Å². The minimum absolute atomic E-state index is 0.0498. The molecule has 0 fully saturated rings. The Hall–Kier alpha value is -1.02. The molecule has 2 rings (SSSR count). The fraction of sp³-hybridized carbons (Fsp3) is 0.300. The number of aromatic nitrogens is 2. The summed E-state index contributed by atoms with van der Waals surface area (Å²) >= 11 is 5.99. The lowest BCUT2D eigenvalue weighted by atomic mass is 9.81. The highest BCUT2D eigenvalue weighted by Gasteiger charge is 2.28. The standard InChI is InChI=1S/C10H11ClN2/c1-10(9-4-6-12-13-9)5-2-3-8(11)7-10/h2-6H,7H2,1H3,(H,12,13). The van der Waals surface area contributed by atoms with Crippen molar-refractivity contribution in [3.63, 3.8) is 0 Å². The van der Waals surface area contributed by atoms with Crippen LogP contribution in [0.25, 0.3) is 0 Å². The molecule has 1 aromatic heterocycles. The number of allylic oxidation sites excluding steroid dienone is 4. The van der Waals surface area contributed by atoms with Crippen molar-refractivity contribution in [2.75, 3.05) is 0 Å². The number of nitrogens with zero attached hydrogens (tertiary/aromatic N) is 1. The minimum Gasteiger partial charge on any atom is -0.285 e. The summed E-state index contributed by atoms with van der Waals surface area (Å²) in [6.45, 7) is 2.13. The van der Waals surface area contributed by atoms with Gasteiger partial charge in [-0.2, -0.15) is 5.10 Å². The van der Waals surface area contributed by atoms with Crippen molar-refractivity contribution in [1.82, 2.24) is 10.2 Å². The molecule has 1 aromatic rings. The number of rotatable bonds is 1. The van der Waals surface area contributed by atoms with Gasteiger partial charge in [0.2, 0.25) is 0 Å². The van der Waals surface area contributed by atoms with Crippen molar-refractivity contribution in [1.29, 1.82) is 0 Å². The molecule has 1 unspecified atom stereocenters. The molecule has 0 saturated carbocycles. The molecule has 0 saturated heterocycles. The van der Waals surface area contributed by atoms with Crippen molar-refractivity contribution in [3.05, 3.63) is 41.2 Å². The average Bonchev–Trinajstić information content (AvgIpc) is 2.55. The summed E-state index contributed by atoms with van der Waals surface area (Å²) in [5.74, 6) is 0. The third-order valence-electron chi connectivity index (χ3n) is 2.36. The van der Waals surface area contributed by atoms with Crippen molar-refractivity contribution < 1.29 is 0 Å². The molecule has 0 amide bonds. The van der Waals surface area contributed by atoms with Crippen LogP contribution in [0.1, 0.15) is 19.0 Å². The van der Waals surface area contributed by atoms with E-state index in [0.29, 0.717) is 0 Å². The Morgan fingerprint density at radius 3 is 3.08 bits per heavy atom. The van der Waals surface area contributed by atoms with Crippen LogP contribution in [-0.2, 0) is 5.41 Å². The quantitative estimate of drug-likeness (QED) is 0.732. The van der Waals surface area contributed by atoms with E-state index in [9.17, 15) is 0 Å². The van der Waals surface area contributed by atoms with E-state index in [1.54, 1.807) is 0 Å². The zero-order valence-corrected chi connectivity index (χ0v) is 8.17. The summed E-state index contributed by atoms with van der Waals surface area (Å²) in [4.78, 5) is 0. The monoisotopic (exact) mass is 194 g/mol. The Kier molecular flexibility index (Phi) is 2.00. The highest BCUT2D eigenvalue weighted by atomic mass is 35.5. The van der Waals surface area contributed by atoms with Crippen LogP contribution in [-0.4, -0.2) is 10.2 Å². The third-order valence-corrected chi connectivity index (χ3v) is 2.62. The summed E-state index contributed by atoms with van der Waals surface area (Å²) in [6, 6.07) is 1.99. The largest absolute Gasteiger partial charge is 0.285 e. The van der Waals surface area contributed by atoms with Gasteiger partial charge >= 0.3 is 0 Å². The van der Waals surface area contributed by atoms with Crippen LogP contribution in [0, 0.1) is 0 Å². The summed E-state index contributed by atoms with van der Waals surface area (Å²) in [6.07, 6.45) is 8.71. The Bertz CT molecular complexity index is 351. The Morgan fingerprint density at radius 1 is 1.62 bits per heavy atom. The summed E-state index contributed by atoms with van der Waals surface area (Å²) in [5, 5.41) is 7.89. The molecule has 1 heterocycles. The first kappa shape index (κ1) is 8.57. The van der Waals surface area contributed by atoms with E-state index in [0.717, 1.165) is 17.1 Å². The SMILES string of the molecule is CC1(c2cc[nH]n2)C=CC=C(Cl)C1. The Balaban J connectivity index is 2.34. The second-order valence-corrected chi connectivity index (χ2v) is 4.01. The highest BCUT2D eigenvalue weighted by Crippen LogP contribution is 2.34. The molecule has 68 valence electrons. The molecule has 2 nitrogen and oxygen atoms in total. The van der Waals surface area contributed by atoms with Crippen molar-refractivity contribution in [2.24, 2.45) is 0 Å². The number of hydrogen-bond donors (Lipinski definition) is 1. The maximum Gasteiger partial charge on any atom is 0.0722 e. The lowest BCUT2D eigenvalue weighted by Gasteiger charge is -2.25. The molecule has 0 radical (unpaired) electrons. The zero-order valence-electron chi connectivity index (χ0n) is 7.42. The van der Waals surface area contributed by atoms with Crippen molar-refractivity contribution in [3.8, 4) is 0 Å². The first-order valence-electron chi connectivity index (χ1n) is 4.25. The fourth-order valence-electron chi connectivity index (χ4n) is 1.59. The number of halogens is 1. The molecule has 1 aliphatic rings. The smallest absolute Gasteiger partial charge is 0.0722 e. The average molecular weight is 195 g/mol. The second kappa shape index (κ2) is 3.04.